The molecule has 4 aliphatic heterocycles. The van der Waals surface area contributed by atoms with Crippen molar-refractivity contribution >= 4 is 5.78 Å². The van der Waals surface area contributed by atoms with Gasteiger partial charge in [-0.15, -0.1) is 0 Å². The van der Waals surface area contributed by atoms with E-state index in [1.165, 1.54) is 0 Å². The summed E-state index contributed by atoms with van der Waals surface area (Å²) in [5.74, 6) is 1.47. The number of benzene rings is 1. The zero-order valence-corrected chi connectivity index (χ0v) is 14.9. The lowest BCUT2D eigenvalue weighted by molar-refractivity contribution is -0.207. The van der Waals surface area contributed by atoms with Gasteiger partial charge in [0.25, 0.3) is 0 Å². The van der Waals surface area contributed by atoms with Gasteiger partial charge in [0.2, 0.25) is 0 Å². The highest BCUT2D eigenvalue weighted by Crippen LogP contribution is 2.55. The summed E-state index contributed by atoms with van der Waals surface area (Å²) in [5, 5.41) is 10.6. The first-order valence-corrected chi connectivity index (χ1v) is 8.71. The Kier molecular flexibility index (Phi) is 3.29. The second-order valence-corrected chi connectivity index (χ2v) is 8.28. The van der Waals surface area contributed by atoms with Crippen LogP contribution in [0.4, 0.5) is 0 Å². The molecule has 4 fully saturated rings. The van der Waals surface area contributed by atoms with E-state index in [1.54, 1.807) is 13.2 Å². The minimum absolute atomic E-state index is 0.0214. The molecule has 24 heavy (non-hydrogen) atoms. The van der Waals surface area contributed by atoms with Crippen molar-refractivity contribution in [1.29, 1.82) is 0 Å². The average molecular weight is 330 g/mol. The molecule has 0 amide bonds. The lowest BCUT2D eigenvalue weighted by atomic mass is 9.57. The van der Waals surface area contributed by atoms with Gasteiger partial charge in [-0.25, -0.2) is 0 Å². The number of nitrogens with zero attached hydrogens (tertiary/aromatic N) is 2. The maximum atomic E-state index is 13.1. The number of carbonyl (C=O) groups is 1. The molecule has 1 aromatic rings. The molecule has 0 saturated carbocycles. The van der Waals surface area contributed by atoms with Crippen molar-refractivity contribution in [1.82, 2.24) is 9.80 Å². The largest absolute Gasteiger partial charge is 0.504 e. The van der Waals surface area contributed by atoms with Crippen LogP contribution in [0.3, 0.4) is 0 Å². The Morgan fingerprint density at radius 2 is 1.83 bits per heavy atom. The first-order chi connectivity index (χ1) is 11.3. The van der Waals surface area contributed by atoms with Crippen LogP contribution in [0.15, 0.2) is 18.2 Å². The van der Waals surface area contributed by atoms with E-state index in [0.29, 0.717) is 17.5 Å². The number of hydrogen-bond donors (Lipinski definition) is 1. The van der Waals surface area contributed by atoms with E-state index in [9.17, 15) is 9.90 Å². The van der Waals surface area contributed by atoms with Crippen LogP contribution in [-0.2, 0) is 4.79 Å². The third-order valence-corrected chi connectivity index (χ3v) is 6.40. The standard InChI is InChI=1S/C19H26N2O3/c1-12(2)19-10-20-8-18(3,17(19)23)9-21(11-19)16(20)13-6-5-7-14(24-4)15(13)22/h5-7,12,16,22H,8-11H2,1-4H3. The fourth-order valence-corrected chi connectivity index (χ4v) is 5.23. The maximum absolute atomic E-state index is 13.1. The monoisotopic (exact) mass is 330 g/mol. The Labute approximate surface area is 143 Å². The van der Waals surface area contributed by atoms with E-state index in [0.717, 1.165) is 31.7 Å². The summed E-state index contributed by atoms with van der Waals surface area (Å²) in [6.45, 7) is 9.50. The second kappa shape index (κ2) is 4.96. The van der Waals surface area contributed by atoms with E-state index in [4.69, 9.17) is 4.74 Å². The predicted molar refractivity (Wildman–Crippen MR) is 90.9 cm³/mol. The number of piperidine rings is 2. The molecule has 4 saturated heterocycles. The van der Waals surface area contributed by atoms with Gasteiger partial charge >= 0.3 is 0 Å². The molecule has 0 aromatic heterocycles. The number of ether oxygens (including phenoxy) is 1. The van der Waals surface area contributed by atoms with E-state index in [1.807, 2.05) is 12.1 Å². The van der Waals surface area contributed by atoms with Crippen molar-refractivity contribution in [2.75, 3.05) is 33.3 Å². The molecule has 0 radical (unpaired) electrons. The quantitative estimate of drug-likeness (QED) is 0.921. The SMILES string of the molecule is COc1cccc(C2N3CC4(C)CN2CC(C(C)C)(C3)C4=O)c1O. The van der Waals surface area contributed by atoms with E-state index in [-0.39, 0.29) is 22.7 Å². The number of ketones is 1. The zero-order chi connectivity index (χ0) is 17.3. The van der Waals surface area contributed by atoms with Crippen molar-refractivity contribution in [3.63, 3.8) is 0 Å². The Balaban J connectivity index is 1.78. The number of hydrogen-bond acceptors (Lipinski definition) is 5. The highest BCUT2D eigenvalue weighted by atomic mass is 16.5. The second-order valence-electron chi connectivity index (χ2n) is 8.28. The Bertz CT molecular complexity index is 684. The summed E-state index contributed by atoms with van der Waals surface area (Å²) in [6.07, 6.45) is 0.0214. The summed E-state index contributed by atoms with van der Waals surface area (Å²) in [6, 6.07) is 5.67. The molecule has 0 aliphatic carbocycles. The Morgan fingerprint density at radius 3 is 2.38 bits per heavy atom. The fourth-order valence-electron chi connectivity index (χ4n) is 5.23. The molecule has 130 valence electrons. The first kappa shape index (κ1) is 15.9. The minimum Gasteiger partial charge on any atom is -0.504 e. The van der Waals surface area contributed by atoms with Crippen molar-refractivity contribution in [3.05, 3.63) is 23.8 Å². The number of phenolic OH excluding ortho intramolecular Hbond substituents is 1. The van der Waals surface area contributed by atoms with Crippen LogP contribution in [0.1, 0.15) is 32.5 Å². The number of aromatic hydroxyl groups is 1. The van der Waals surface area contributed by atoms with Crippen LogP contribution < -0.4 is 4.74 Å². The van der Waals surface area contributed by atoms with Crippen LogP contribution in [0.25, 0.3) is 0 Å². The molecule has 1 N–H and O–H groups in total. The van der Waals surface area contributed by atoms with E-state index >= 15 is 0 Å². The first-order valence-electron chi connectivity index (χ1n) is 8.71. The van der Waals surface area contributed by atoms with E-state index in [2.05, 4.69) is 30.6 Å². The van der Waals surface area contributed by atoms with Gasteiger partial charge in [0.05, 0.1) is 24.1 Å². The third kappa shape index (κ3) is 1.85. The third-order valence-electron chi connectivity index (χ3n) is 6.40. The number of methoxy groups -OCH3 is 1. The molecule has 5 nitrogen and oxygen atoms in total. The number of carbonyl (C=O) groups excluding carboxylic acids is 1. The summed E-state index contributed by atoms with van der Waals surface area (Å²) >= 11 is 0. The molecular weight excluding hydrogens is 304 g/mol. The summed E-state index contributed by atoms with van der Waals surface area (Å²) in [4.78, 5) is 17.9. The van der Waals surface area contributed by atoms with Gasteiger partial charge in [-0.3, -0.25) is 14.6 Å². The van der Waals surface area contributed by atoms with Crippen molar-refractivity contribution < 1.29 is 14.6 Å². The van der Waals surface area contributed by atoms with Crippen LogP contribution in [0, 0.1) is 16.7 Å². The molecule has 4 aliphatic rings. The minimum atomic E-state index is -0.300. The summed E-state index contributed by atoms with van der Waals surface area (Å²) in [7, 11) is 1.57. The van der Waals surface area contributed by atoms with Crippen LogP contribution >= 0.6 is 0 Å². The fraction of sp³-hybridized carbons (Fsp3) is 0.632. The highest BCUT2D eigenvalue weighted by Gasteiger charge is 2.64. The highest BCUT2D eigenvalue weighted by molar-refractivity contribution is 5.93. The van der Waals surface area contributed by atoms with Crippen LogP contribution in [0.5, 0.6) is 11.5 Å². The van der Waals surface area contributed by atoms with Gasteiger partial charge < -0.3 is 9.84 Å². The number of para-hydroxylation sites is 1. The summed E-state index contributed by atoms with van der Waals surface area (Å²) < 4.78 is 5.28. The van der Waals surface area contributed by atoms with Gasteiger partial charge in [0.1, 0.15) is 5.78 Å². The molecular formula is C19H26N2O3. The normalized spacial score (nSPS) is 40.4. The lowest BCUT2D eigenvalue weighted by Gasteiger charge is -2.66. The Morgan fingerprint density at radius 1 is 1.21 bits per heavy atom. The van der Waals surface area contributed by atoms with Gasteiger partial charge in [-0.1, -0.05) is 32.9 Å². The van der Waals surface area contributed by atoms with Crippen LogP contribution in [-0.4, -0.2) is 54.0 Å². The molecule has 0 spiro atoms. The number of phenols is 1. The topological polar surface area (TPSA) is 53.0 Å². The number of Topliss-reactive ketones (excluding diaryl/α,β-unsaturated/α-hetero) is 1. The van der Waals surface area contributed by atoms with Crippen LogP contribution in [0.2, 0.25) is 0 Å². The number of rotatable bonds is 3. The summed E-state index contributed by atoms with van der Waals surface area (Å²) in [5.41, 5.74) is 0.297. The molecule has 2 unspecified atom stereocenters. The van der Waals surface area contributed by atoms with Crippen molar-refractivity contribution in [3.8, 4) is 11.5 Å². The zero-order valence-electron chi connectivity index (χ0n) is 14.9. The van der Waals surface area contributed by atoms with Gasteiger partial charge in [0.15, 0.2) is 11.5 Å². The van der Waals surface area contributed by atoms with Gasteiger partial charge in [-0.2, -0.15) is 0 Å². The smallest absolute Gasteiger partial charge is 0.163 e. The van der Waals surface area contributed by atoms with Gasteiger partial charge in [-0.05, 0) is 12.0 Å². The lowest BCUT2D eigenvalue weighted by Crippen LogP contribution is -2.77. The molecule has 4 bridgehead atoms. The molecule has 5 heteroatoms. The Hall–Kier alpha value is -1.59. The molecule has 1 aromatic carbocycles. The van der Waals surface area contributed by atoms with E-state index < -0.39 is 0 Å². The molecule has 5 rings (SSSR count). The van der Waals surface area contributed by atoms with Crippen molar-refractivity contribution in [2.24, 2.45) is 16.7 Å². The van der Waals surface area contributed by atoms with Gasteiger partial charge in [0, 0.05) is 31.7 Å². The van der Waals surface area contributed by atoms with Crippen molar-refractivity contribution in [2.45, 2.75) is 26.9 Å². The molecule has 4 heterocycles. The average Bonchev–Trinajstić information content (AvgIpc) is 2.52. The predicted octanol–water partition coefficient (Wildman–Crippen LogP) is 2.26. The molecule has 2 atom stereocenters. The maximum Gasteiger partial charge on any atom is 0.163 e.